The molecule has 1 N–H and O–H groups in total. The van der Waals surface area contributed by atoms with Crippen molar-refractivity contribution in [3.63, 3.8) is 0 Å². The monoisotopic (exact) mass is 208 g/mol. The van der Waals surface area contributed by atoms with E-state index in [9.17, 15) is 4.79 Å². The first-order valence-electron chi connectivity index (χ1n) is 4.67. The van der Waals surface area contributed by atoms with Gasteiger partial charge in [0.2, 0.25) is 0 Å². The van der Waals surface area contributed by atoms with Crippen molar-refractivity contribution in [3.05, 3.63) is 29.3 Å². The zero-order valence-electron chi connectivity index (χ0n) is 9.09. The minimum Gasteiger partial charge on any atom is -0.478 e. The van der Waals surface area contributed by atoms with Gasteiger partial charge in [-0.05, 0) is 19.1 Å². The molecular formula is C11H16O2Si. The second-order valence-corrected chi connectivity index (χ2v) is 9.62. The third-order valence-electron chi connectivity index (χ3n) is 2.29. The Morgan fingerprint density at radius 2 is 1.86 bits per heavy atom. The highest BCUT2D eigenvalue weighted by Crippen LogP contribution is 2.09. The minimum atomic E-state index is -1.42. The van der Waals surface area contributed by atoms with E-state index in [1.165, 1.54) is 10.8 Å². The van der Waals surface area contributed by atoms with Gasteiger partial charge < -0.3 is 5.11 Å². The number of aromatic carboxylic acids is 1. The molecule has 0 spiro atoms. The molecule has 3 heteroatoms. The highest BCUT2D eigenvalue weighted by Gasteiger charge is 2.19. The maximum Gasteiger partial charge on any atom is 0.335 e. The number of hydrogen-bond donors (Lipinski definition) is 1. The Morgan fingerprint density at radius 1 is 1.29 bits per heavy atom. The molecule has 0 saturated carbocycles. The van der Waals surface area contributed by atoms with Crippen molar-refractivity contribution in [1.82, 2.24) is 0 Å². The van der Waals surface area contributed by atoms with E-state index in [0.29, 0.717) is 5.56 Å². The summed E-state index contributed by atoms with van der Waals surface area (Å²) in [5, 5.41) is 10.1. The number of carboxylic acid groups (broad SMARTS) is 1. The van der Waals surface area contributed by atoms with Crippen LogP contribution >= 0.6 is 0 Å². The minimum absolute atomic E-state index is 0.396. The summed E-state index contributed by atoms with van der Waals surface area (Å²) in [6.45, 7) is 8.71. The Hall–Kier alpha value is -1.09. The molecule has 0 fully saturated rings. The topological polar surface area (TPSA) is 37.3 Å². The number of rotatable bonds is 2. The van der Waals surface area contributed by atoms with E-state index in [4.69, 9.17) is 5.11 Å². The number of benzene rings is 1. The molecule has 0 heterocycles. The Balaban J connectivity index is 3.29. The zero-order chi connectivity index (χ0) is 10.9. The summed E-state index contributed by atoms with van der Waals surface area (Å²) in [6.07, 6.45) is 0. The summed E-state index contributed by atoms with van der Waals surface area (Å²) in [7, 11) is -1.42. The fourth-order valence-corrected chi connectivity index (χ4v) is 3.42. The van der Waals surface area contributed by atoms with Crippen molar-refractivity contribution in [2.24, 2.45) is 0 Å². The van der Waals surface area contributed by atoms with E-state index in [1.807, 2.05) is 19.1 Å². The van der Waals surface area contributed by atoms with Gasteiger partial charge in [-0.15, -0.1) is 0 Å². The Morgan fingerprint density at radius 3 is 2.29 bits per heavy atom. The standard InChI is InChI=1S/C11H16O2Si/c1-8-5-6-9(11(12)13)7-10(8)14(2,3)4/h5-7H,1-4H3,(H,12,13). The van der Waals surface area contributed by atoms with Crippen molar-refractivity contribution in [2.45, 2.75) is 26.6 Å². The van der Waals surface area contributed by atoms with Gasteiger partial charge in [-0.2, -0.15) is 0 Å². The Bertz CT molecular complexity index is 364. The summed E-state index contributed by atoms with van der Waals surface area (Å²) < 4.78 is 0. The maximum absolute atomic E-state index is 10.8. The van der Waals surface area contributed by atoms with Crippen LogP contribution in [-0.4, -0.2) is 19.1 Å². The molecule has 0 saturated heterocycles. The smallest absolute Gasteiger partial charge is 0.335 e. The average molecular weight is 208 g/mol. The SMILES string of the molecule is Cc1ccc(C(=O)O)cc1[Si](C)(C)C. The maximum atomic E-state index is 10.8. The molecule has 0 amide bonds. The lowest BCUT2D eigenvalue weighted by Gasteiger charge is -2.19. The van der Waals surface area contributed by atoms with Gasteiger partial charge in [-0.3, -0.25) is 0 Å². The number of hydrogen-bond acceptors (Lipinski definition) is 1. The van der Waals surface area contributed by atoms with Crippen molar-refractivity contribution in [2.75, 3.05) is 0 Å². The van der Waals surface area contributed by atoms with Crippen LogP contribution in [0.5, 0.6) is 0 Å². The van der Waals surface area contributed by atoms with Crippen LogP contribution in [0, 0.1) is 6.92 Å². The van der Waals surface area contributed by atoms with Gasteiger partial charge >= 0.3 is 5.97 Å². The average Bonchev–Trinajstić information content (AvgIpc) is 2.02. The van der Waals surface area contributed by atoms with Gasteiger partial charge in [0, 0.05) is 0 Å². The predicted octanol–water partition coefficient (Wildman–Crippen LogP) is 2.24. The lowest BCUT2D eigenvalue weighted by Crippen LogP contribution is -2.39. The van der Waals surface area contributed by atoms with Gasteiger partial charge in [0.05, 0.1) is 13.6 Å². The largest absolute Gasteiger partial charge is 0.478 e. The van der Waals surface area contributed by atoms with Gasteiger partial charge in [-0.1, -0.05) is 36.5 Å². The van der Waals surface area contributed by atoms with Crippen LogP contribution in [0.25, 0.3) is 0 Å². The van der Waals surface area contributed by atoms with Gasteiger partial charge in [-0.25, -0.2) is 4.79 Å². The van der Waals surface area contributed by atoms with Crippen LogP contribution in [-0.2, 0) is 0 Å². The molecule has 0 aromatic heterocycles. The molecular weight excluding hydrogens is 192 g/mol. The van der Waals surface area contributed by atoms with Gasteiger partial charge in [0.1, 0.15) is 0 Å². The van der Waals surface area contributed by atoms with Crippen LogP contribution in [0.4, 0.5) is 0 Å². The quantitative estimate of drug-likeness (QED) is 0.757. The second kappa shape index (κ2) is 3.57. The molecule has 0 aliphatic heterocycles. The first kappa shape index (κ1) is 11.0. The summed E-state index contributed by atoms with van der Waals surface area (Å²) >= 11 is 0. The van der Waals surface area contributed by atoms with Crippen molar-refractivity contribution >= 4 is 19.2 Å². The van der Waals surface area contributed by atoms with Gasteiger partial charge in [0.15, 0.2) is 0 Å². The Labute approximate surface area is 85.6 Å². The molecule has 0 atom stereocenters. The molecule has 14 heavy (non-hydrogen) atoms. The van der Waals surface area contributed by atoms with Crippen molar-refractivity contribution in [3.8, 4) is 0 Å². The van der Waals surface area contributed by atoms with Crippen molar-refractivity contribution in [1.29, 1.82) is 0 Å². The lowest BCUT2D eigenvalue weighted by molar-refractivity contribution is 0.0697. The summed E-state index contributed by atoms with van der Waals surface area (Å²) in [4.78, 5) is 10.8. The molecule has 2 nitrogen and oxygen atoms in total. The van der Waals surface area contributed by atoms with E-state index < -0.39 is 14.0 Å². The molecule has 0 aliphatic carbocycles. The summed E-state index contributed by atoms with van der Waals surface area (Å²) in [6, 6.07) is 5.39. The highest BCUT2D eigenvalue weighted by molar-refractivity contribution is 6.89. The van der Waals surface area contributed by atoms with E-state index in [2.05, 4.69) is 19.6 Å². The van der Waals surface area contributed by atoms with Gasteiger partial charge in [0.25, 0.3) is 0 Å². The summed E-state index contributed by atoms with van der Waals surface area (Å²) in [5.41, 5.74) is 1.60. The van der Waals surface area contributed by atoms with E-state index in [0.717, 1.165) is 0 Å². The van der Waals surface area contributed by atoms with Crippen LogP contribution in [0.3, 0.4) is 0 Å². The van der Waals surface area contributed by atoms with E-state index >= 15 is 0 Å². The fourth-order valence-electron chi connectivity index (χ4n) is 1.56. The third-order valence-corrected chi connectivity index (χ3v) is 4.45. The van der Waals surface area contributed by atoms with E-state index in [1.54, 1.807) is 6.07 Å². The molecule has 0 aliphatic rings. The van der Waals surface area contributed by atoms with Crippen LogP contribution in [0.1, 0.15) is 15.9 Å². The molecule has 0 unspecified atom stereocenters. The molecule has 0 bridgehead atoms. The first-order chi connectivity index (χ1) is 6.32. The molecule has 1 aromatic carbocycles. The van der Waals surface area contributed by atoms with Crippen molar-refractivity contribution < 1.29 is 9.90 Å². The second-order valence-electron chi connectivity index (χ2n) is 4.58. The number of carboxylic acids is 1. The molecule has 1 aromatic rings. The predicted molar refractivity (Wildman–Crippen MR) is 61.1 cm³/mol. The molecule has 1 rings (SSSR count). The van der Waals surface area contributed by atoms with E-state index in [-0.39, 0.29) is 0 Å². The number of aryl methyl sites for hydroxylation is 1. The zero-order valence-corrected chi connectivity index (χ0v) is 10.1. The number of carbonyl (C=O) groups is 1. The first-order valence-corrected chi connectivity index (χ1v) is 8.17. The van der Waals surface area contributed by atoms with Crippen LogP contribution in [0.2, 0.25) is 19.6 Å². The van der Waals surface area contributed by atoms with Crippen LogP contribution < -0.4 is 5.19 Å². The lowest BCUT2D eigenvalue weighted by atomic mass is 10.1. The fraction of sp³-hybridized carbons (Fsp3) is 0.364. The highest BCUT2D eigenvalue weighted by atomic mass is 28.3. The molecule has 76 valence electrons. The Kier molecular flexibility index (Phi) is 2.80. The third kappa shape index (κ3) is 2.23. The normalized spacial score (nSPS) is 11.4. The molecule has 0 radical (unpaired) electrons. The van der Waals surface area contributed by atoms with Crippen LogP contribution in [0.15, 0.2) is 18.2 Å². The summed E-state index contributed by atoms with van der Waals surface area (Å²) in [5.74, 6) is -0.843.